The third kappa shape index (κ3) is 4.42. The summed E-state index contributed by atoms with van der Waals surface area (Å²) in [7, 11) is 0. The summed E-state index contributed by atoms with van der Waals surface area (Å²) in [4.78, 5) is 21.9. The van der Waals surface area contributed by atoms with Crippen molar-refractivity contribution in [3.63, 3.8) is 0 Å². The summed E-state index contributed by atoms with van der Waals surface area (Å²) >= 11 is 0. The summed E-state index contributed by atoms with van der Waals surface area (Å²) in [5.41, 5.74) is 2.59. The van der Waals surface area contributed by atoms with Gasteiger partial charge in [-0.05, 0) is 24.6 Å². The Kier molecular flexibility index (Phi) is 4.80. The second-order valence-electron chi connectivity index (χ2n) is 2.97. The van der Waals surface area contributed by atoms with Gasteiger partial charge in [-0.3, -0.25) is 4.79 Å². The van der Waals surface area contributed by atoms with E-state index in [2.05, 4.69) is 9.84 Å². The largest absolute Gasteiger partial charge is 0.459 e. The number of carbonyl (C=O) groups is 2. The summed E-state index contributed by atoms with van der Waals surface area (Å²) in [6, 6.07) is 5.48. The van der Waals surface area contributed by atoms with Gasteiger partial charge >= 0.3 is 11.9 Å². The van der Waals surface area contributed by atoms with Gasteiger partial charge in [0.2, 0.25) is 0 Å². The van der Waals surface area contributed by atoms with E-state index in [1.54, 1.807) is 6.92 Å². The van der Waals surface area contributed by atoms with Crippen molar-refractivity contribution in [3.05, 3.63) is 35.6 Å². The third-order valence-corrected chi connectivity index (χ3v) is 1.71. The number of amides is 1. The van der Waals surface area contributed by atoms with Gasteiger partial charge in [0.1, 0.15) is 5.82 Å². The van der Waals surface area contributed by atoms with E-state index in [0.717, 1.165) is 0 Å². The van der Waals surface area contributed by atoms with Gasteiger partial charge < -0.3 is 4.74 Å². The van der Waals surface area contributed by atoms with Crippen LogP contribution in [-0.2, 0) is 14.3 Å². The minimum atomic E-state index is -0.997. The highest BCUT2D eigenvalue weighted by Crippen LogP contribution is 1.99. The first kappa shape index (κ1) is 12.8. The van der Waals surface area contributed by atoms with Crippen LogP contribution in [0.15, 0.2) is 29.4 Å². The molecule has 1 rings (SSSR count). The second kappa shape index (κ2) is 6.37. The molecule has 0 aromatic heterocycles. The predicted molar refractivity (Wildman–Crippen MR) is 58.8 cm³/mol. The molecule has 0 aliphatic rings. The molecule has 0 aliphatic heterocycles. The maximum absolute atomic E-state index is 12.6. The molecular weight excluding hydrogens is 227 g/mol. The van der Waals surface area contributed by atoms with Crippen molar-refractivity contribution in [3.8, 4) is 0 Å². The van der Waals surface area contributed by atoms with Crippen molar-refractivity contribution in [2.75, 3.05) is 6.61 Å². The minimum Gasteiger partial charge on any atom is -0.459 e. The molecule has 6 heteroatoms. The zero-order valence-electron chi connectivity index (χ0n) is 9.14. The maximum Gasteiger partial charge on any atom is 0.398 e. The number of esters is 1. The van der Waals surface area contributed by atoms with Gasteiger partial charge in [0, 0.05) is 0 Å². The standard InChI is InChI=1S/C11H11FN2O3/c1-2-17-11(16)10(15)14-13-7-8-3-5-9(12)6-4-8/h3-7H,2H2,1H3,(H,14,15)/b13-7+. The molecule has 0 heterocycles. The van der Waals surface area contributed by atoms with E-state index in [1.807, 2.05) is 5.43 Å². The van der Waals surface area contributed by atoms with Crippen LogP contribution < -0.4 is 5.43 Å². The van der Waals surface area contributed by atoms with Crippen LogP contribution >= 0.6 is 0 Å². The van der Waals surface area contributed by atoms with Crippen molar-refractivity contribution in [2.45, 2.75) is 6.92 Å². The van der Waals surface area contributed by atoms with E-state index >= 15 is 0 Å². The number of ether oxygens (including phenoxy) is 1. The number of nitrogens with zero attached hydrogens (tertiary/aromatic N) is 1. The molecule has 0 radical (unpaired) electrons. The zero-order chi connectivity index (χ0) is 12.7. The minimum absolute atomic E-state index is 0.119. The lowest BCUT2D eigenvalue weighted by molar-refractivity contribution is -0.154. The number of hydrogen-bond acceptors (Lipinski definition) is 4. The summed E-state index contributed by atoms with van der Waals surface area (Å²) in [5, 5.41) is 3.53. The fraction of sp³-hybridized carbons (Fsp3) is 0.182. The molecule has 0 unspecified atom stereocenters. The molecule has 0 bridgehead atoms. The van der Waals surface area contributed by atoms with E-state index in [4.69, 9.17) is 0 Å². The molecule has 1 amide bonds. The van der Waals surface area contributed by atoms with Crippen molar-refractivity contribution >= 4 is 18.1 Å². The molecular formula is C11H11FN2O3. The van der Waals surface area contributed by atoms with Crippen molar-refractivity contribution in [1.29, 1.82) is 0 Å². The van der Waals surface area contributed by atoms with Crippen LogP contribution in [0.1, 0.15) is 12.5 Å². The molecule has 0 aliphatic carbocycles. The number of hydrogen-bond donors (Lipinski definition) is 1. The Morgan fingerprint density at radius 1 is 1.41 bits per heavy atom. The van der Waals surface area contributed by atoms with E-state index < -0.39 is 11.9 Å². The van der Waals surface area contributed by atoms with Crippen molar-refractivity contribution in [2.24, 2.45) is 5.10 Å². The molecule has 0 atom stereocenters. The van der Waals surface area contributed by atoms with Gasteiger partial charge in [0.15, 0.2) is 0 Å². The summed E-state index contributed by atoms with van der Waals surface area (Å²) in [6.07, 6.45) is 1.29. The second-order valence-corrected chi connectivity index (χ2v) is 2.97. The smallest absolute Gasteiger partial charge is 0.398 e. The molecule has 0 saturated carbocycles. The van der Waals surface area contributed by atoms with E-state index in [-0.39, 0.29) is 12.4 Å². The average Bonchev–Trinajstić information content (AvgIpc) is 2.32. The number of nitrogens with one attached hydrogen (secondary N) is 1. The highest BCUT2D eigenvalue weighted by Gasteiger charge is 2.12. The molecule has 0 spiro atoms. The number of halogens is 1. The van der Waals surface area contributed by atoms with Gasteiger partial charge in [-0.15, -0.1) is 0 Å². The predicted octanol–water partition coefficient (Wildman–Crippen LogP) is 0.839. The Labute approximate surface area is 97.3 Å². The Bertz CT molecular complexity index is 429. The van der Waals surface area contributed by atoms with Crippen molar-refractivity contribution < 1.29 is 18.7 Å². The maximum atomic E-state index is 12.6. The lowest BCUT2D eigenvalue weighted by atomic mass is 10.2. The van der Waals surface area contributed by atoms with Crippen LogP contribution in [0.5, 0.6) is 0 Å². The van der Waals surface area contributed by atoms with Crippen LogP contribution in [0.2, 0.25) is 0 Å². The summed E-state index contributed by atoms with van der Waals surface area (Å²) < 4.78 is 17.0. The molecule has 90 valence electrons. The average molecular weight is 238 g/mol. The van der Waals surface area contributed by atoms with Gasteiger partial charge in [-0.1, -0.05) is 12.1 Å². The zero-order valence-corrected chi connectivity index (χ0v) is 9.14. The van der Waals surface area contributed by atoms with Gasteiger partial charge in [-0.2, -0.15) is 5.10 Å². The molecule has 1 aromatic carbocycles. The van der Waals surface area contributed by atoms with Gasteiger partial charge in [0.25, 0.3) is 0 Å². The van der Waals surface area contributed by atoms with Crippen LogP contribution in [-0.4, -0.2) is 24.7 Å². The first-order chi connectivity index (χ1) is 8.13. The van der Waals surface area contributed by atoms with Crippen molar-refractivity contribution in [1.82, 2.24) is 5.43 Å². The van der Waals surface area contributed by atoms with Crippen LogP contribution in [0.3, 0.4) is 0 Å². The lowest BCUT2D eigenvalue weighted by Gasteiger charge is -1.98. The van der Waals surface area contributed by atoms with E-state index in [0.29, 0.717) is 5.56 Å². The molecule has 5 nitrogen and oxygen atoms in total. The normalized spacial score (nSPS) is 10.2. The first-order valence-corrected chi connectivity index (χ1v) is 4.89. The van der Waals surface area contributed by atoms with Crippen LogP contribution in [0, 0.1) is 5.82 Å². The Morgan fingerprint density at radius 3 is 2.65 bits per heavy atom. The topological polar surface area (TPSA) is 67.8 Å². The van der Waals surface area contributed by atoms with Crippen LogP contribution in [0.4, 0.5) is 4.39 Å². The fourth-order valence-electron chi connectivity index (χ4n) is 0.957. The summed E-state index contributed by atoms with van der Waals surface area (Å²) in [5.74, 6) is -2.31. The Morgan fingerprint density at radius 2 is 2.06 bits per heavy atom. The Balaban J connectivity index is 2.47. The molecule has 0 saturated heterocycles. The molecule has 0 fully saturated rings. The highest BCUT2D eigenvalue weighted by molar-refractivity contribution is 6.32. The number of hydrazone groups is 1. The first-order valence-electron chi connectivity index (χ1n) is 4.89. The lowest BCUT2D eigenvalue weighted by Crippen LogP contribution is -2.28. The Hall–Kier alpha value is -2.24. The SMILES string of the molecule is CCOC(=O)C(=O)N/N=C/c1ccc(F)cc1. The number of benzene rings is 1. The molecule has 1 N–H and O–H groups in total. The van der Waals surface area contributed by atoms with E-state index in [9.17, 15) is 14.0 Å². The fourth-order valence-corrected chi connectivity index (χ4v) is 0.957. The molecule has 1 aromatic rings. The number of rotatable bonds is 3. The monoisotopic (exact) mass is 238 g/mol. The molecule has 17 heavy (non-hydrogen) atoms. The van der Waals surface area contributed by atoms with Gasteiger partial charge in [-0.25, -0.2) is 14.6 Å². The van der Waals surface area contributed by atoms with Gasteiger partial charge in [0.05, 0.1) is 12.8 Å². The van der Waals surface area contributed by atoms with E-state index in [1.165, 1.54) is 30.5 Å². The third-order valence-electron chi connectivity index (χ3n) is 1.71. The number of carbonyl (C=O) groups excluding carboxylic acids is 2. The summed E-state index contributed by atoms with van der Waals surface area (Å²) in [6.45, 7) is 1.71. The van der Waals surface area contributed by atoms with Crippen LogP contribution in [0.25, 0.3) is 0 Å². The quantitative estimate of drug-likeness (QED) is 0.367. The highest BCUT2D eigenvalue weighted by atomic mass is 19.1.